The summed E-state index contributed by atoms with van der Waals surface area (Å²) in [5.41, 5.74) is 1.04. The van der Waals surface area contributed by atoms with Crippen molar-refractivity contribution in [2.45, 2.75) is 38.0 Å². The van der Waals surface area contributed by atoms with Crippen molar-refractivity contribution < 1.29 is 4.74 Å². The summed E-state index contributed by atoms with van der Waals surface area (Å²) >= 11 is 12.3. The number of nitrogens with zero attached hydrogens (tertiary/aromatic N) is 1. The predicted molar refractivity (Wildman–Crippen MR) is 87.2 cm³/mol. The van der Waals surface area contributed by atoms with Gasteiger partial charge in [0.25, 0.3) is 0 Å². The van der Waals surface area contributed by atoms with E-state index in [1.54, 1.807) is 0 Å². The third-order valence-corrected chi connectivity index (χ3v) is 5.39. The van der Waals surface area contributed by atoms with Gasteiger partial charge in [0.05, 0.1) is 22.8 Å². The van der Waals surface area contributed by atoms with Crippen molar-refractivity contribution in [1.82, 2.24) is 10.2 Å². The fourth-order valence-electron chi connectivity index (χ4n) is 3.28. The van der Waals surface area contributed by atoms with Gasteiger partial charge in [0.15, 0.2) is 0 Å². The minimum atomic E-state index is 0.163. The van der Waals surface area contributed by atoms with Gasteiger partial charge in [-0.15, -0.1) is 0 Å². The van der Waals surface area contributed by atoms with Crippen LogP contribution in [0, 0.1) is 0 Å². The lowest BCUT2D eigenvalue weighted by molar-refractivity contribution is -0.0477. The first-order valence-electron chi connectivity index (χ1n) is 7.68. The van der Waals surface area contributed by atoms with E-state index in [0.29, 0.717) is 16.1 Å². The summed E-state index contributed by atoms with van der Waals surface area (Å²) in [7, 11) is 0. The average Bonchev–Trinajstić information content (AvgIpc) is 2.95. The minimum Gasteiger partial charge on any atom is -0.374 e. The maximum Gasteiger partial charge on any atom is 0.0827 e. The first kappa shape index (κ1) is 15.6. The van der Waals surface area contributed by atoms with Crippen molar-refractivity contribution in [3.05, 3.63) is 33.8 Å². The lowest BCUT2D eigenvalue weighted by Crippen LogP contribution is -2.49. The molecule has 0 aliphatic carbocycles. The molecular weight excluding hydrogens is 307 g/mol. The largest absolute Gasteiger partial charge is 0.374 e. The monoisotopic (exact) mass is 328 g/mol. The second-order valence-corrected chi connectivity index (χ2v) is 6.80. The average molecular weight is 329 g/mol. The number of ether oxygens (including phenoxy) is 1. The molecule has 0 radical (unpaired) electrons. The Kier molecular flexibility index (Phi) is 5.07. The summed E-state index contributed by atoms with van der Waals surface area (Å²) in [5, 5.41) is 4.77. The molecule has 0 bridgehead atoms. The Bertz CT molecular complexity index is 497. The molecule has 1 aromatic rings. The van der Waals surface area contributed by atoms with Gasteiger partial charge < -0.3 is 10.1 Å². The Morgan fingerprint density at radius 3 is 3.14 bits per heavy atom. The Morgan fingerprint density at radius 2 is 2.29 bits per heavy atom. The predicted octanol–water partition coefficient (Wildman–Crippen LogP) is 3.51. The zero-order valence-corrected chi connectivity index (χ0v) is 13.8. The lowest BCUT2D eigenvalue weighted by atomic mass is 10.1. The number of morpholine rings is 1. The Morgan fingerprint density at radius 1 is 1.43 bits per heavy atom. The summed E-state index contributed by atoms with van der Waals surface area (Å²) < 4.78 is 5.97. The van der Waals surface area contributed by atoms with Crippen LogP contribution in [0.2, 0.25) is 10.0 Å². The first-order valence-corrected chi connectivity index (χ1v) is 8.43. The van der Waals surface area contributed by atoms with Crippen molar-refractivity contribution in [3.8, 4) is 0 Å². The van der Waals surface area contributed by atoms with Gasteiger partial charge in [-0.1, -0.05) is 35.3 Å². The Hall–Kier alpha value is -0.320. The van der Waals surface area contributed by atoms with Crippen LogP contribution in [0.1, 0.15) is 31.4 Å². The fraction of sp³-hybridized carbons (Fsp3) is 0.625. The molecule has 2 fully saturated rings. The van der Waals surface area contributed by atoms with E-state index in [4.69, 9.17) is 27.9 Å². The third kappa shape index (κ3) is 3.54. The van der Waals surface area contributed by atoms with E-state index in [9.17, 15) is 0 Å². The van der Waals surface area contributed by atoms with Crippen molar-refractivity contribution in [2.24, 2.45) is 0 Å². The Balaban J connectivity index is 1.54. The molecular formula is C16H22Cl2N2O. The molecule has 0 spiro atoms. The lowest BCUT2D eigenvalue weighted by Gasteiger charge is -2.35. The molecule has 116 valence electrons. The number of rotatable bonds is 4. The van der Waals surface area contributed by atoms with Gasteiger partial charge in [0, 0.05) is 25.2 Å². The van der Waals surface area contributed by atoms with E-state index < -0.39 is 0 Å². The van der Waals surface area contributed by atoms with E-state index >= 15 is 0 Å². The highest BCUT2D eigenvalue weighted by Gasteiger charge is 2.32. The van der Waals surface area contributed by atoms with Crippen LogP contribution in [-0.4, -0.2) is 43.3 Å². The van der Waals surface area contributed by atoms with E-state index in [2.05, 4.69) is 17.1 Å². The van der Waals surface area contributed by atoms with Gasteiger partial charge in [-0.3, -0.25) is 4.90 Å². The maximum absolute atomic E-state index is 6.27. The van der Waals surface area contributed by atoms with Crippen LogP contribution < -0.4 is 5.32 Å². The SMILES string of the molecule is CC(NCC1CN2CCCC2CO1)c1cccc(Cl)c1Cl. The molecule has 0 saturated carbocycles. The van der Waals surface area contributed by atoms with Crippen LogP contribution in [-0.2, 0) is 4.74 Å². The Labute approximate surface area is 136 Å². The first-order chi connectivity index (χ1) is 10.1. The molecule has 21 heavy (non-hydrogen) atoms. The molecule has 5 heteroatoms. The molecule has 1 N–H and O–H groups in total. The molecule has 0 amide bonds. The minimum absolute atomic E-state index is 0.163. The summed E-state index contributed by atoms with van der Waals surface area (Å²) in [6.07, 6.45) is 2.86. The number of nitrogens with one attached hydrogen (secondary N) is 1. The van der Waals surface area contributed by atoms with Crippen LogP contribution in [0.3, 0.4) is 0 Å². The van der Waals surface area contributed by atoms with Crippen molar-refractivity contribution in [1.29, 1.82) is 0 Å². The quantitative estimate of drug-likeness (QED) is 0.915. The molecule has 2 saturated heterocycles. The molecule has 3 nitrogen and oxygen atoms in total. The molecule has 3 unspecified atom stereocenters. The van der Waals surface area contributed by atoms with Crippen LogP contribution in [0.25, 0.3) is 0 Å². The van der Waals surface area contributed by atoms with E-state index in [1.165, 1.54) is 19.4 Å². The molecule has 3 rings (SSSR count). The topological polar surface area (TPSA) is 24.5 Å². The molecule has 1 aromatic carbocycles. The summed E-state index contributed by atoms with van der Waals surface area (Å²) in [6, 6.07) is 6.59. The number of halogens is 2. The highest BCUT2D eigenvalue weighted by molar-refractivity contribution is 6.42. The second-order valence-electron chi connectivity index (χ2n) is 6.02. The van der Waals surface area contributed by atoms with Crippen LogP contribution in [0.5, 0.6) is 0 Å². The molecule has 3 atom stereocenters. The van der Waals surface area contributed by atoms with Crippen LogP contribution in [0.4, 0.5) is 0 Å². The molecule has 0 aromatic heterocycles. The zero-order chi connectivity index (χ0) is 14.8. The van der Waals surface area contributed by atoms with Gasteiger partial charge in [0.2, 0.25) is 0 Å². The smallest absolute Gasteiger partial charge is 0.0827 e. The molecule has 2 aliphatic heterocycles. The van der Waals surface area contributed by atoms with Gasteiger partial charge in [-0.2, -0.15) is 0 Å². The highest BCUT2D eigenvalue weighted by atomic mass is 35.5. The number of hydrogen-bond donors (Lipinski definition) is 1. The van der Waals surface area contributed by atoms with Crippen molar-refractivity contribution in [3.63, 3.8) is 0 Å². The normalized spacial score (nSPS) is 27.6. The maximum atomic E-state index is 6.27. The van der Waals surface area contributed by atoms with Crippen molar-refractivity contribution in [2.75, 3.05) is 26.2 Å². The third-order valence-electron chi connectivity index (χ3n) is 4.56. The number of hydrogen-bond acceptors (Lipinski definition) is 3. The van der Waals surface area contributed by atoms with E-state index in [-0.39, 0.29) is 12.1 Å². The summed E-state index contributed by atoms with van der Waals surface area (Å²) in [4.78, 5) is 2.56. The summed E-state index contributed by atoms with van der Waals surface area (Å²) in [6.45, 7) is 6.08. The van der Waals surface area contributed by atoms with Crippen LogP contribution >= 0.6 is 23.2 Å². The number of benzene rings is 1. The van der Waals surface area contributed by atoms with Gasteiger partial charge in [-0.05, 0) is 37.9 Å². The zero-order valence-electron chi connectivity index (χ0n) is 12.3. The number of fused-ring (bicyclic) bond motifs is 1. The van der Waals surface area contributed by atoms with E-state index in [1.807, 2.05) is 18.2 Å². The van der Waals surface area contributed by atoms with Gasteiger partial charge in [-0.25, -0.2) is 0 Å². The van der Waals surface area contributed by atoms with E-state index in [0.717, 1.165) is 25.3 Å². The standard InChI is InChI=1S/C16H22Cl2N2O/c1-11(14-5-2-6-15(17)16(14)18)19-8-13-9-20-7-3-4-12(20)10-21-13/h2,5-6,11-13,19H,3-4,7-10H2,1H3. The fourth-order valence-corrected chi connectivity index (χ4v) is 3.75. The van der Waals surface area contributed by atoms with Crippen molar-refractivity contribution >= 4 is 23.2 Å². The summed E-state index contributed by atoms with van der Waals surface area (Å²) in [5.74, 6) is 0. The van der Waals surface area contributed by atoms with Gasteiger partial charge in [0.1, 0.15) is 0 Å². The van der Waals surface area contributed by atoms with Gasteiger partial charge >= 0.3 is 0 Å². The molecule has 2 aliphatic rings. The molecule has 2 heterocycles. The second kappa shape index (κ2) is 6.84. The highest BCUT2D eigenvalue weighted by Crippen LogP contribution is 2.30. The van der Waals surface area contributed by atoms with Crippen LogP contribution in [0.15, 0.2) is 18.2 Å².